The number of pyridine rings is 1. The van der Waals surface area contributed by atoms with Gasteiger partial charge in [-0.3, -0.25) is 9.59 Å². The Morgan fingerprint density at radius 2 is 1.27 bits per heavy atom. The molecule has 1 aromatic heterocycles. The molecule has 9 heteroatoms. The number of benzene rings is 2. The Morgan fingerprint density at radius 1 is 0.788 bits per heavy atom. The normalized spacial score (nSPS) is 10.6. The highest BCUT2D eigenvalue weighted by atomic mass is 35.5. The number of halogens is 2. The standard InChI is InChI=1S/C24H23Cl2N3O4/c1-15(2)24-20(27-22(30)13-32-18-7-3-16(25)4-8-18)11-12-21(29-24)28-23(31)14-33-19-9-5-17(26)6-10-19/h3-12,15H,13-14H2,1-2H3,(H,27,30)(H,28,29,31). The predicted molar refractivity (Wildman–Crippen MR) is 129 cm³/mol. The van der Waals surface area contributed by atoms with Gasteiger partial charge in [0.15, 0.2) is 13.2 Å². The van der Waals surface area contributed by atoms with Gasteiger partial charge in [-0.2, -0.15) is 0 Å². The van der Waals surface area contributed by atoms with Crippen molar-refractivity contribution < 1.29 is 19.1 Å². The molecule has 0 spiro atoms. The molecule has 3 aromatic rings. The fourth-order valence-electron chi connectivity index (χ4n) is 2.81. The zero-order chi connectivity index (χ0) is 23.8. The van der Waals surface area contributed by atoms with Gasteiger partial charge < -0.3 is 20.1 Å². The van der Waals surface area contributed by atoms with Crippen LogP contribution in [0.15, 0.2) is 60.7 Å². The Balaban J connectivity index is 1.57. The van der Waals surface area contributed by atoms with Crippen LogP contribution in [-0.2, 0) is 9.59 Å². The maximum Gasteiger partial charge on any atom is 0.263 e. The number of nitrogens with one attached hydrogen (secondary N) is 2. The molecule has 1 heterocycles. The fourth-order valence-corrected chi connectivity index (χ4v) is 3.07. The molecule has 2 amide bonds. The van der Waals surface area contributed by atoms with E-state index in [4.69, 9.17) is 32.7 Å². The second kappa shape index (κ2) is 11.5. The maximum absolute atomic E-state index is 12.3. The highest BCUT2D eigenvalue weighted by Crippen LogP contribution is 2.24. The summed E-state index contributed by atoms with van der Waals surface area (Å²) in [7, 11) is 0. The van der Waals surface area contributed by atoms with E-state index in [1.54, 1.807) is 60.7 Å². The molecule has 7 nitrogen and oxygen atoms in total. The topological polar surface area (TPSA) is 89.5 Å². The number of ether oxygens (including phenoxy) is 2. The second-order valence-corrected chi connectivity index (χ2v) is 8.24. The van der Waals surface area contributed by atoms with E-state index >= 15 is 0 Å². The summed E-state index contributed by atoms with van der Waals surface area (Å²) in [5.41, 5.74) is 1.18. The molecule has 0 radical (unpaired) electrons. The van der Waals surface area contributed by atoms with Crippen LogP contribution in [0.25, 0.3) is 0 Å². The number of rotatable bonds is 9. The third-order valence-electron chi connectivity index (χ3n) is 4.38. The molecule has 0 saturated heterocycles. The first-order chi connectivity index (χ1) is 15.8. The molecule has 33 heavy (non-hydrogen) atoms. The smallest absolute Gasteiger partial charge is 0.263 e. The van der Waals surface area contributed by atoms with Crippen LogP contribution in [0.3, 0.4) is 0 Å². The van der Waals surface area contributed by atoms with E-state index in [-0.39, 0.29) is 30.9 Å². The average Bonchev–Trinajstić information content (AvgIpc) is 2.79. The van der Waals surface area contributed by atoms with Crippen molar-refractivity contribution in [1.29, 1.82) is 0 Å². The minimum Gasteiger partial charge on any atom is -0.484 e. The Hall–Kier alpha value is -3.29. The molecule has 2 aromatic carbocycles. The number of hydrogen-bond donors (Lipinski definition) is 2. The van der Waals surface area contributed by atoms with Gasteiger partial charge in [-0.05, 0) is 66.6 Å². The first-order valence-electron chi connectivity index (χ1n) is 10.2. The summed E-state index contributed by atoms with van der Waals surface area (Å²) >= 11 is 11.7. The molecule has 0 aliphatic carbocycles. The van der Waals surface area contributed by atoms with Crippen LogP contribution in [0.2, 0.25) is 10.0 Å². The van der Waals surface area contributed by atoms with Crippen LogP contribution in [-0.4, -0.2) is 30.0 Å². The molecular formula is C24H23Cl2N3O4. The molecule has 0 bridgehead atoms. The lowest BCUT2D eigenvalue weighted by atomic mass is 10.1. The van der Waals surface area contributed by atoms with Crippen molar-refractivity contribution in [1.82, 2.24) is 4.98 Å². The lowest BCUT2D eigenvalue weighted by Gasteiger charge is -2.15. The van der Waals surface area contributed by atoms with Gasteiger partial charge in [0.1, 0.15) is 17.3 Å². The van der Waals surface area contributed by atoms with Crippen molar-refractivity contribution in [3.05, 3.63) is 76.4 Å². The molecular weight excluding hydrogens is 465 g/mol. The molecule has 3 rings (SSSR count). The maximum atomic E-state index is 12.3. The number of anilines is 2. The van der Waals surface area contributed by atoms with Crippen LogP contribution in [0, 0.1) is 0 Å². The van der Waals surface area contributed by atoms with Crippen LogP contribution in [0.1, 0.15) is 25.5 Å². The lowest BCUT2D eigenvalue weighted by molar-refractivity contribution is -0.118. The summed E-state index contributed by atoms with van der Waals surface area (Å²) in [6, 6.07) is 16.8. The molecule has 0 unspecified atom stereocenters. The van der Waals surface area contributed by atoms with E-state index in [2.05, 4.69) is 15.6 Å². The Bertz CT molecular complexity index is 1100. The second-order valence-electron chi connectivity index (χ2n) is 7.37. The molecule has 172 valence electrons. The Kier molecular flexibility index (Phi) is 8.52. The quantitative estimate of drug-likeness (QED) is 0.413. The molecule has 0 atom stereocenters. The number of carbonyl (C=O) groups excluding carboxylic acids is 2. The van der Waals surface area contributed by atoms with Crippen molar-refractivity contribution in [2.45, 2.75) is 19.8 Å². The Morgan fingerprint density at radius 3 is 1.76 bits per heavy atom. The molecule has 0 aliphatic heterocycles. The third kappa shape index (κ3) is 7.66. The minimum atomic E-state index is -0.361. The third-order valence-corrected chi connectivity index (χ3v) is 4.88. The summed E-state index contributed by atoms with van der Waals surface area (Å²) in [6.07, 6.45) is 0. The van der Waals surface area contributed by atoms with Gasteiger partial charge in [0, 0.05) is 10.0 Å². The van der Waals surface area contributed by atoms with Crippen molar-refractivity contribution >= 4 is 46.5 Å². The monoisotopic (exact) mass is 487 g/mol. The number of nitrogens with zero attached hydrogens (tertiary/aromatic N) is 1. The number of carbonyl (C=O) groups is 2. The molecule has 0 aliphatic rings. The first kappa shape index (κ1) is 24.4. The summed E-state index contributed by atoms with van der Waals surface area (Å²) in [5.74, 6) is 0.737. The van der Waals surface area contributed by atoms with E-state index < -0.39 is 0 Å². The van der Waals surface area contributed by atoms with Gasteiger partial charge in [-0.15, -0.1) is 0 Å². The zero-order valence-corrected chi connectivity index (χ0v) is 19.6. The fraction of sp³-hybridized carbons (Fsp3) is 0.208. The minimum absolute atomic E-state index is 0.000321. The van der Waals surface area contributed by atoms with Crippen LogP contribution >= 0.6 is 23.2 Å². The van der Waals surface area contributed by atoms with Crippen LogP contribution in [0.5, 0.6) is 11.5 Å². The van der Waals surface area contributed by atoms with Crippen molar-refractivity contribution in [3.8, 4) is 11.5 Å². The van der Waals surface area contributed by atoms with Gasteiger partial charge in [0.05, 0.1) is 11.4 Å². The number of amides is 2. The van der Waals surface area contributed by atoms with Crippen molar-refractivity contribution in [2.24, 2.45) is 0 Å². The summed E-state index contributed by atoms with van der Waals surface area (Å²) in [5, 5.41) is 6.68. The zero-order valence-electron chi connectivity index (χ0n) is 18.1. The number of aromatic nitrogens is 1. The van der Waals surface area contributed by atoms with E-state index in [0.29, 0.717) is 38.7 Å². The van der Waals surface area contributed by atoms with Crippen LogP contribution < -0.4 is 20.1 Å². The number of hydrogen-bond acceptors (Lipinski definition) is 5. The average molecular weight is 488 g/mol. The van der Waals surface area contributed by atoms with Crippen molar-refractivity contribution in [3.63, 3.8) is 0 Å². The van der Waals surface area contributed by atoms with Gasteiger partial charge >= 0.3 is 0 Å². The van der Waals surface area contributed by atoms with Gasteiger partial charge in [0.2, 0.25) is 0 Å². The van der Waals surface area contributed by atoms with Gasteiger partial charge in [-0.25, -0.2) is 4.98 Å². The lowest BCUT2D eigenvalue weighted by Crippen LogP contribution is -2.23. The van der Waals surface area contributed by atoms with Gasteiger partial charge in [-0.1, -0.05) is 37.0 Å². The summed E-state index contributed by atoms with van der Waals surface area (Å²) < 4.78 is 10.9. The highest BCUT2D eigenvalue weighted by Gasteiger charge is 2.14. The summed E-state index contributed by atoms with van der Waals surface area (Å²) in [6.45, 7) is 3.54. The SMILES string of the molecule is CC(C)c1nc(NC(=O)COc2ccc(Cl)cc2)ccc1NC(=O)COc1ccc(Cl)cc1. The Labute approximate surface area is 202 Å². The highest BCUT2D eigenvalue weighted by molar-refractivity contribution is 6.30. The van der Waals surface area contributed by atoms with Crippen molar-refractivity contribution in [2.75, 3.05) is 23.8 Å². The van der Waals surface area contributed by atoms with E-state index in [1.807, 2.05) is 13.8 Å². The van der Waals surface area contributed by atoms with Crippen LogP contribution in [0.4, 0.5) is 11.5 Å². The van der Waals surface area contributed by atoms with E-state index in [0.717, 1.165) is 0 Å². The largest absolute Gasteiger partial charge is 0.484 e. The molecule has 2 N–H and O–H groups in total. The molecule has 0 fully saturated rings. The summed E-state index contributed by atoms with van der Waals surface area (Å²) in [4.78, 5) is 29.1. The predicted octanol–water partition coefficient (Wildman–Crippen LogP) is 5.55. The van der Waals surface area contributed by atoms with E-state index in [9.17, 15) is 9.59 Å². The first-order valence-corrected chi connectivity index (χ1v) is 10.9. The van der Waals surface area contributed by atoms with Gasteiger partial charge in [0.25, 0.3) is 11.8 Å². The van der Waals surface area contributed by atoms with E-state index in [1.165, 1.54) is 0 Å². The molecule has 0 saturated carbocycles.